The highest BCUT2D eigenvalue weighted by atomic mass is 16.6. The number of amides is 1. The molecule has 1 aliphatic carbocycles. The Morgan fingerprint density at radius 3 is 2.56 bits per heavy atom. The zero-order valence-corrected chi connectivity index (χ0v) is 10.1. The van der Waals surface area contributed by atoms with E-state index in [0.29, 0.717) is 25.9 Å². The highest BCUT2D eigenvalue weighted by Crippen LogP contribution is 2.51. The van der Waals surface area contributed by atoms with Gasteiger partial charge < -0.3 is 14.7 Å². The average Bonchev–Trinajstić information content (AvgIpc) is 1.90. The second kappa shape index (κ2) is 3.62. The van der Waals surface area contributed by atoms with Gasteiger partial charge in [-0.2, -0.15) is 0 Å². The van der Waals surface area contributed by atoms with Gasteiger partial charge in [0.15, 0.2) is 0 Å². The van der Waals surface area contributed by atoms with Gasteiger partial charge in [-0.15, -0.1) is 0 Å². The molecule has 0 aromatic heterocycles. The lowest BCUT2D eigenvalue weighted by Gasteiger charge is -2.58. The molecule has 16 heavy (non-hydrogen) atoms. The van der Waals surface area contributed by atoms with Crippen molar-refractivity contribution in [3.8, 4) is 0 Å². The van der Waals surface area contributed by atoms with Crippen LogP contribution in [0.3, 0.4) is 0 Å². The Kier molecular flexibility index (Phi) is 2.10. The molecule has 0 bridgehead atoms. The number of hydrogen-bond donors (Lipinski definition) is 1. The number of rotatable bonds is 1. The fourth-order valence-corrected chi connectivity index (χ4v) is 2.55. The van der Waals surface area contributed by atoms with Crippen molar-refractivity contribution in [2.75, 3.05) is 19.6 Å². The molecule has 1 saturated heterocycles. The number of carbonyl (C=O) groups excluding carboxylic acids is 1. The minimum absolute atomic E-state index is 0.0254. The first-order valence-corrected chi connectivity index (χ1v) is 5.71. The molecule has 1 aliphatic heterocycles. The Balaban J connectivity index is 1.77. The molecule has 2 rings (SSSR count). The molecule has 1 saturated carbocycles. The van der Waals surface area contributed by atoms with E-state index in [1.165, 1.54) is 0 Å². The van der Waals surface area contributed by atoms with Gasteiger partial charge in [0.1, 0.15) is 5.60 Å². The molecular formula is C12H21NO3. The topological polar surface area (TPSA) is 49.8 Å². The van der Waals surface area contributed by atoms with Crippen molar-refractivity contribution < 1.29 is 17.4 Å². The quantitative estimate of drug-likeness (QED) is 0.743. The lowest BCUT2D eigenvalue weighted by atomic mass is 9.58. The summed E-state index contributed by atoms with van der Waals surface area (Å²) in [6.45, 7) is 4.65. The molecule has 0 aromatic rings. The zero-order valence-electron chi connectivity index (χ0n) is 12.1. The minimum atomic E-state index is -2.09. The number of hydrogen-bond acceptors (Lipinski definition) is 3. The van der Waals surface area contributed by atoms with Crippen molar-refractivity contribution in [1.82, 2.24) is 4.90 Å². The van der Waals surface area contributed by atoms with Gasteiger partial charge in [0, 0.05) is 25.1 Å². The van der Waals surface area contributed by atoms with E-state index >= 15 is 0 Å². The summed E-state index contributed by atoms with van der Waals surface area (Å²) in [6, 6.07) is 0. The Morgan fingerprint density at radius 1 is 1.56 bits per heavy atom. The molecule has 1 amide bonds. The number of nitrogens with zero attached hydrogens (tertiary/aromatic N) is 1. The Labute approximate surface area is 99.4 Å². The van der Waals surface area contributed by atoms with Gasteiger partial charge in [-0.3, -0.25) is 0 Å². The van der Waals surface area contributed by atoms with Crippen molar-refractivity contribution in [2.45, 2.75) is 39.2 Å². The summed E-state index contributed by atoms with van der Waals surface area (Å²) < 4.78 is 19.7. The molecule has 0 unspecified atom stereocenters. The third-order valence-electron chi connectivity index (χ3n) is 3.25. The molecule has 1 heterocycles. The van der Waals surface area contributed by atoms with Gasteiger partial charge in [0.25, 0.3) is 0 Å². The fourth-order valence-electron chi connectivity index (χ4n) is 2.55. The van der Waals surface area contributed by atoms with E-state index in [-0.39, 0.29) is 17.4 Å². The first kappa shape index (κ1) is 9.28. The van der Waals surface area contributed by atoms with E-state index in [1.54, 1.807) is 4.90 Å². The van der Waals surface area contributed by atoms with Crippen molar-refractivity contribution in [3.05, 3.63) is 0 Å². The monoisotopic (exact) mass is 229 g/mol. The number of carbonyl (C=O) groups is 1. The van der Waals surface area contributed by atoms with E-state index in [0.717, 1.165) is 0 Å². The molecule has 2 fully saturated rings. The SMILES string of the molecule is [2H]C([2H])(O)C1CC2(C1)CN(C(=O)OC(C)(C)C)C2. The zero-order chi connectivity index (χ0) is 13.8. The molecule has 2 aliphatic rings. The van der Waals surface area contributed by atoms with E-state index in [1.807, 2.05) is 20.8 Å². The molecule has 0 radical (unpaired) electrons. The van der Waals surface area contributed by atoms with Gasteiger partial charge >= 0.3 is 6.09 Å². The summed E-state index contributed by atoms with van der Waals surface area (Å²) in [7, 11) is 0. The third kappa shape index (κ3) is 2.17. The summed E-state index contributed by atoms with van der Waals surface area (Å²) in [5.74, 6) is -0.293. The highest BCUT2D eigenvalue weighted by Gasteiger charge is 2.53. The van der Waals surface area contributed by atoms with Crippen LogP contribution in [0.1, 0.15) is 36.4 Å². The van der Waals surface area contributed by atoms with Crippen LogP contribution in [-0.2, 0) is 4.74 Å². The van der Waals surface area contributed by atoms with Crippen LogP contribution < -0.4 is 0 Å². The van der Waals surface area contributed by atoms with Gasteiger partial charge in [0.2, 0.25) is 0 Å². The Morgan fingerprint density at radius 2 is 2.12 bits per heavy atom. The average molecular weight is 229 g/mol. The van der Waals surface area contributed by atoms with E-state index in [4.69, 9.17) is 7.48 Å². The van der Waals surface area contributed by atoms with Crippen LogP contribution in [-0.4, -0.2) is 41.3 Å². The van der Waals surface area contributed by atoms with E-state index in [2.05, 4.69) is 0 Å². The standard InChI is InChI=1S/C12H21NO3/c1-11(2,3)16-10(15)13-7-12(8-13)4-9(5-12)6-14/h9,14H,4-8H2,1-3H3/i6D2. The summed E-state index contributed by atoms with van der Waals surface area (Å²) in [5, 5.41) is 9.25. The first-order valence-electron chi connectivity index (χ1n) is 6.71. The maximum atomic E-state index is 11.7. The molecule has 4 heteroatoms. The van der Waals surface area contributed by atoms with E-state index < -0.39 is 12.2 Å². The lowest BCUT2D eigenvalue weighted by molar-refractivity contribution is -0.104. The molecule has 92 valence electrons. The van der Waals surface area contributed by atoms with Gasteiger partial charge in [-0.1, -0.05) is 0 Å². The molecular weight excluding hydrogens is 206 g/mol. The molecule has 0 aromatic carbocycles. The summed E-state index contributed by atoms with van der Waals surface area (Å²) >= 11 is 0. The van der Waals surface area contributed by atoms with Crippen LogP contribution in [0.4, 0.5) is 4.79 Å². The second-order valence-electron chi connectivity index (χ2n) is 6.07. The van der Waals surface area contributed by atoms with Gasteiger partial charge in [-0.05, 0) is 39.5 Å². The predicted octanol–water partition coefficient (Wildman–Crippen LogP) is 1.63. The van der Waals surface area contributed by atoms with Crippen molar-refractivity contribution >= 4 is 6.09 Å². The highest BCUT2D eigenvalue weighted by molar-refractivity contribution is 5.69. The number of ether oxygens (including phenoxy) is 1. The van der Waals surface area contributed by atoms with E-state index in [9.17, 15) is 9.90 Å². The first-order chi connectivity index (χ1) is 8.01. The lowest BCUT2D eigenvalue weighted by Crippen LogP contribution is -2.64. The largest absolute Gasteiger partial charge is 0.444 e. The Bertz CT molecular complexity index is 345. The van der Waals surface area contributed by atoms with Crippen LogP contribution in [0.25, 0.3) is 0 Å². The molecule has 1 N–H and O–H groups in total. The smallest absolute Gasteiger partial charge is 0.410 e. The van der Waals surface area contributed by atoms with Crippen LogP contribution in [0.5, 0.6) is 0 Å². The van der Waals surface area contributed by atoms with Gasteiger partial charge in [0.05, 0.1) is 2.74 Å². The maximum Gasteiger partial charge on any atom is 0.410 e. The van der Waals surface area contributed by atoms with Crippen LogP contribution in [0.2, 0.25) is 0 Å². The Hall–Kier alpha value is -0.770. The number of likely N-dealkylation sites (tertiary alicyclic amines) is 1. The number of aliphatic hydroxyl groups is 1. The van der Waals surface area contributed by atoms with Crippen molar-refractivity contribution in [2.24, 2.45) is 11.3 Å². The second-order valence-corrected chi connectivity index (χ2v) is 6.07. The minimum Gasteiger partial charge on any atom is -0.444 e. The fraction of sp³-hybridized carbons (Fsp3) is 0.917. The summed E-state index contributed by atoms with van der Waals surface area (Å²) in [5.41, 5.74) is -0.456. The third-order valence-corrected chi connectivity index (χ3v) is 3.25. The van der Waals surface area contributed by atoms with Crippen LogP contribution in [0.15, 0.2) is 0 Å². The molecule has 1 spiro atoms. The molecule has 4 nitrogen and oxygen atoms in total. The van der Waals surface area contributed by atoms with Crippen molar-refractivity contribution in [3.63, 3.8) is 0 Å². The van der Waals surface area contributed by atoms with Crippen molar-refractivity contribution in [1.29, 1.82) is 0 Å². The maximum absolute atomic E-state index is 11.7. The normalized spacial score (nSPS) is 26.6. The van der Waals surface area contributed by atoms with Gasteiger partial charge in [-0.25, -0.2) is 4.79 Å². The summed E-state index contributed by atoms with van der Waals surface area (Å²) in [4.78, 5) is 13.4. The summed E-state index contributed by atoms with van der Waals surface area (Å²) in [6.07, 6.45) is 0.995. The van der Waals surface area contributed by atoms with Crippen LogP contribution in [0, 0.1) is 11.3 Å². The van der Waals surface area contributed by atoms with Crippen LogP contribution >= 0.6 is 0 Å². The molecule has 0 atom stereocenters. The predicted molar refractivity (Wildman–Crippen MR) is 60.0 cm³/mol.